The summed E-state index contributed by atoms with van der Waals surface area (Å²) in [6, 6.07) is 6.09. The van der Waals surface area contributed by atoms with Gasteiger partial charge in [0, 0.05) is 0 Å². The Hall–Kier alpha value is -1.64. The van der Waals surface area contributed by atoms with Crippen molar-refractivity contribution in [2.45, 2.75) is 44.9 Å². The van der Waals surface area contributed by atoms with Gasteiger partial charge in [-0.15, -0.1) is 0 Å². The Morgan fingerprint density at radius 1 is 1.24 bits per heavy atom. The molecule has 1 aliphatic carbocycles. The molecule has 1 aromatic rings. The van der Waals surface area contributed by atoms with E-state index in [1.165, 1.54) is 44.2 Å². The zero-order chi connectivity index (χ0) is 15.1. The maximum Gasteiger partial charge on any atom is 0.307 e. The van der Waals surface area contributed by atoms with E-state index in [2.05, 4.69) is 6.08 Å². The molecular formula is C18H23FO2. The lowest BCUT2D eigenvalue weighted by atomic mass is 9.88. The maximum atomic E-state index is 12.9. The predicted molar refractivity (Wildman–Crippen MR) is 81.6 cm³/mol. The lowest BCUT2D eigenvalue weighted by Gasteiger charge is -2.18. The molecule has 1 aliphatic rings. The highest BCUT2D eigenvalue weighted by Crippen LogP contribution is 2.25. The van der Waals surface area contributed by atoms with E-state index in [1.54, 1.807) is 12.1 Å². The molecule has 0 aromatic heterocycles. The molecule has 0 radical (unpaired) electrons. The summed E-state index contributed by atoms with van der Waals surface area (Å²) >= 11 is 0. The first kappa shape index (κ1) is 15.7. The Kier molecular flexibility index (Phi) is 5.97. The van der Waals surface area contributed by atoms with Crippen LogP contribution in [0.2, 0.25) is 0 Å². The molecule has 1 fully saturated rings. The van der Waals surface area contributed by atoms with Crippen molar-refractivity contribution in [3.8, 4) is 0 Å². The van der Waals surface area contributed by atoms with Crippen molar-refractivity contribution in [1.29, 1.82) is 0 Å². The number of carbonyl (C=O) groups is 1. The summed E-state index contributed by atoms with van der Waals surface area (Å²) in [5, 5.41) is 9.32. The molecule has 2 rings (SSSR count). The second kappa shape index (κ2) is 7.96. The number of carboxylic acids is 1. The minimum atomic E-state index is -0.785. The smallest absolute Gasteiger partial charge is 0.307 e. The van der Waals surface area contributed by atoms with Crippen LogP contribution in [0.1, 0.15) is 44.1 Å². The zero-order valence-electron chi connectivity index (χ0n) is 12.3. The monoisotopic (exact) mass is 290 g/mol. The Balaban J connectivity index is 1.88. The van der Waals surface area contributed by atoms with Gasteiger partial charge in [0.05, 0.1) is 5.92 Å². The van der Waals surface area contributed by atoms with Gasteiger partial charge < -0.3 is 5.11 Å². The first-order valence-electron chi connectivity index (χ1n) is 7.79. The summed E-state index contributed by atoms with van der Waals surface area (Å²) < 4.78 is 12.9. The first-order valence-corrected chi connectivity index (χ1v) is 7.79. The number of halogens is 1. The molecule has 1 N–H and O–H groups in total. The van der Waals surface area contributed by atoms with Gasteiger partial charge in [-0.05, 0) is 49.3 Å². The van der Waals surface area contributed by atoms with Crippen LogP contribution in [0.3, 0.4) is 0 Å². The van der Waals surface area contributed by atoms with Crippen molar-refractivity contribution in [3.63, 3.8) is 0 Å². The van der Waals surface area contributed by atoms with Crippen LogP contribution in [0.5, 0.6) is 0 Å². The molecule has 114 valence electrons. The van der Waals surface area contributed by atoms with Crippen molar-refractivity contribution in [3.05, 3.63) is 47.8 Å². The fraction of sp³-hybridized carbons (Fsp3) is 0.500. The van der Waals surface area contributed by atoms with E-state index in [1.807, 2.05) is 6.08 Å². The molecule has 21 heavy (non-hydrogen) atoms. The van der Waals surface area contributed by atoms with E-state index in [4.69, 9.17) is 0 Å². The summed E-state index contributed by atoms with van der Waals surface area (Å²) in [6.07, 6.45) is 11.6. The molecule has 0 aliphatic heterocycles. The Labute approximate surface area is 125 Å². The van der Waals surface area contributed by atoms with E-state index >= 15 is 0 Å². The standard InChI is InChI=1S/C18H23FO2/c19-17-11-9-15(10-12-17)13-16(18(20)21)8-4-7-14-5-2-1-3-6-14/h4,7,9-12,14,16H,1-3,5-6,8,13H2,(H,20,21)/b7-4+/t16-/m0/s1. The van der Waals surface area contributed by atoms with Gasteiger partial charge in [-0.3, -0.25) is 4.79 Å². The third kappa shape index (κ3) is 5.33. The fourth-order valence-electron chi connectivity index (χ4n) is 2.94. The minimum Gasteiger partial charge on any atom is -0.481 e. The number of hydrogen-bond acceptors (Lipinski definition) is 1. The summed E-state index contributed by atoms with van der Waals surface area (Å²) in [5.74, 6) is -0.884. The van der Waals surface area contributed by atoms with Crippen molar-refractivity contribution in [1.82, 2.24) is 0 Å². The molecule has 1 saturated carbocycles. The third-order valence-corrected chi connectivity index (χ3v) is 4.22. The maximum absolute atomic E-state index is 12.9. The predicted octanol–water partition coefficient (Wildman–Crippen LogP) is 4.60. The number of hydrogen-bond donors (Lipinski definition) is 1. The topological polar surface area (TPSA) is 37.3 Å². The minimum absolute atomic E-state index is 0.289. The van der Waals surface area contributed by atoms with Crippen LogP contribution < -0.4 is 0 Å². The average Bonchev–Trinajstić information content (AvgIpc) is 2.49. The SMILES string of the molecule is O=C(O)[C@@H](C/C=C/C1CCCCC1)Cc1ccc(F)cc1. The first-order chi connectivity index (χ1) is 10.1. The quantitative estimate of drug-likeness (QED) is 0.778. The van der Waals surface area contributed by atoms with Crippen molar-refractivity contribution in [2.75, 3.05) is 0 Å². The summed E-state index contributed by atoms with van der Waals surface area (Å²) in [4.78, 5) is 11.3. The molecule has 3 heteroatoms. The van der Waals surface area contributed by atoms with Gasteiger partial charge in [0.15, 0.2) is 0 Å². The van der Waals surface area contributed by atoms with Crippen molar-refractivity contribution in [2.24, 2.45) is 11.8 Å². The van der Waals surface area contributed by atoms with Crippen molar-refractivity contribution >= 4 is 5.97 Å². The molecule has 0 amide bonds. The van der Waals surface area contributed by atoms with Crippen molar-refractivity contribution < 1.29 is 14.3 Å². The van der Waals surface area contributed by atoms with Gasteiger partial charge in [-0.2, -0.15) is 0 Å². The number of benzene rings is 1. The van der Waals surface area contributed by atoms with Crippen LogP contribution in [0.25, 0.3) is 0 Å². The van der Waals surface area contributed by atoms with E-state index in [0.29, 0.717) is 18.8 Å². The molecule has 1 aromatic carbocycles. The van der Waals surface area contributed by atoms with E-state index in [9.17, 15) is 14.3 Å². The third-order valence-electron chi connectivity index (χ3n) is 4.22. The van der Waals surface area contributed by atoms with Gasteiger partial charge >= 0.3 is 5.97 Å². The largest absolute Gasteiger partial charge is 0.481 e. The molecular weight excluding hydrogens is 267 g/mol. The van der Waals surface area contributed by atoms with Crippen LogP contribution >= 0.6 is 0 Å². The number of allylic oxidation sites excluding steroid dienone is 2. The highest BCUT2D eigenvalue weighted by Gasteiger charge is 2.17. The van der Waals surface area contributed by atoms with E-state index in [-0.39, 0.29) is 5.82 Å². The summed E-state index contributed by atoms with van der Waals surface area (Å²) in [6.45, 7) is 0. The number of aliphatic carboxylic acids is 1. The van der Waals surface area contributed by atoms with Gasteiger partial charge in [0.2, 0.25) is 0 Å². The second-order valence-corrected chi connectivity index (χ2v) is 5.93. The number of rotatable bonds is 6. The van der Waals surface area contributed by atoms with E-state index < -0.39 is 11.9 Å². The molecule has 0 bridgehead atoms. The van der Waals surface area contributed by atoms with Gasteiger partial charge in [0.25, 0.3) is 0 Å². The Morgan fingerprint density at radius 3 is 2.52 bits per heavy atom. The fourth-order valence-corrected chi connectivity index (χ4v) is 2.94. The van der Waals surface area contributed by atoms with Crippen LogP contribution in [-0.2, 0) is 11.2 Å². The molecule has 2 nitrogen and oxygen atoms in total. The van der Waals surface area contributed by atoms with Gasteiger partial charge in [-0.25, -0.2) is 4.39 Å². The molecule has 0 spiro atoms. The molecule has 0 heterocycles. The molecule has 0 saturated heterocycles. The van der Waals surface area contributed by atoms with Crippen LogP contribution in [-0.4, -0.2) is 11.1 Å². The van der Waals surface area contributed by atoms with Crippen LogP contribution in [0.15, 0.2) is 36.4 Å². The molecule has 1 atom stereocenters. The zero-order valence-corrected chi connectivity index (χ0v) is 12.3. The highest BCUT2D eigenvalue weighted by molar-refractivity contribution is 5.70. The normalized spacial score (nSPS) is 18.0. The van der Waals surface area contributed by atoms with E-state index in [0.717, 1.165) is 5.56 Å². The number of carboxylic acid groups (broad SMARTS) is 1. The Bertz CT molecular complexity index is 472. The molecule has 0 unspecified atom stereocenters. The average molecular weight is 290 g/mol. The van der Waals surface area contributed by atoms with Gasteiger partial charge in [-0.1, -0.05) is 43.5 Å². The van der Waals surface area contributed by atoms with Crippen LogP contribution in [0, 0.1) is 17.7 Å². The lowest BCUT2D eigenvalue weighted by Crippen LogP contribution is -2.16. The van der Waals surface area contributed by atoms with Gasteiger partial charge in [0.1, 0.15) is 5.82 Å². The second-order valence-electron chi connectivity index (χ2n) is 5.93. The lowest BCUT2D eigenvalue weighted by molar-refractivity contribution is -0.141. The Morgan fingerprint density at radius 2 is 1.90 bits per heavy atom. The highest BCUT2D eigenvalue weighted by atomic mass is 19.1. The summed E-state index contributed by atoms with van der Waals surface area (Å²) in [7, 11) is 0. The summed E-state index contributed by atoms with van der Waals surface area (Å²) in [5.41, 5.74) is 0.870. The van der Waals surface area contributed by atoms with Crippen LogP contribution in [0.4, 0.5) is 4.39 Å².